The number of hydrogen-bond donors (Lipinski definition) is 1. The SMILES string of the molecule is COc1ccc(OC)c(CN(CCc2c[nH]c3ccccc23)Cc2nc(C(=O)N3CCN(C)CC3)co2)c1. The van der Waals surface area contributed by atoms with E-state index < -0.39 is 0 Å². The molecule has 1 saturated heterocycles. The first kappa shape index (κ1) is 25.8. The fourth-order valence-corrected chi connectivity index (χ4v) is 4.92. The topological polar surface area (TPSA) is 87.1 Å². The molecule has 1 aliphatic heterocycles. The predicted molar refractivity (Wildman–Crippen MR) is 146 cm³/mol. The standard InChI is InChI=1S/C29H35N5O4/c1-32-12-14-34(15-13-32)29(35)26-20-38-28(31-26)19-33(18-22-16-23(36-2)8-9-27(22)37-3)11-10-21-17-30-25-7-5-4-6-24(21)25/h4-9,16-17,20,30H,10-15,18-19H2,1-3H3. The summed E-state index contributed by atoms with van der Waals surface area (Å²) in [4.78, 5) is 27.3. The Balaban J connectivity index is 1.34. The number of amides is 1. The summed E-state index contributed by atoms with van der Waals surface area (Å²) in [5.41, 5.74) is 3.75. The Morgan fingerprint density at radius 2 is 1.87 bits per heavy atom. The molecule has 2 aromatic heterocycles. The van der Waals surface area contributed by atoms with Gasteiger partial charge in [0.1, 0.15) is 17.8 Å². The van der Waals surface area contributed by atoms with E-state index in [1.165, 1.54) is 17.2 Å². The van der Waals surface area contributed by atoms with Gasteiger partial charge >= 0.3 is 0 Å². The molecule has 1 N–H and O–H groups in total. The quantitative estimate of drug-likeness (QED) is 0.342. The van der Waals surface area contributed by atoms with Crippen molar-refractivity contribution in [2.45, 2.75) is 19.5 Å². The second kappa shape index (κ2) is 11.7. The van der Waals surface area contributed by atoms with Crippen molar-refractivity contribution in [1.29, 1.82) is 0 Å². The number of methoxy groups -OCH3 is 2. The lowest BCUT2D eigenvalue weighted by molar-refractivity contribution is 0.0658. The largest absolute Gasteiger partial charge is 0.497 e. The van der Waals surface area contributed by atoms with Gasteiger partial charge in [-0.15, -0.1) is 0 Å². The summed E-state index contributed by atoms with van der Waals surface area (Å²) in [6, 6.07) is 14.1. The Hall–Kier alpha value is -3.82. The number of nitrogens with zero attached hydrogens (tertiary/aromatic N) is 4. The number of hydrogen-bond acceptors (Lipinski definition) is 7. The monoisotopic (exact) mass is 517 g/mol. The normalized spacial score (nSPS) is 14.4. The van der Waals surface area contributed by atoms with Gasteiger partial charge in [0.05, 0.1) is 20.8 Å². The van der Waals surface area contributed by atoms with Gasteiger partial charge in [-0.3, -0.25) is 9.69 Å². The van der Waals surface area contributed by atoms with Crippen LogP contribution >= 0.6 is 0 Å². The highest BCUT2D eigenvalue weighted by atomic mass is 16.5. The molecule has 0 aliphatic carbocycles. The molecule has 1 fully saturated rings. The Labute approximate surface area is 222 Å². The minimum Gasteiger partial charge on any atom is -0.497 e. The molecule has 0 saturated carbocycles. The number of aromatic nitrogens is 2. The van der Waals surface area contributed by atoms with Gasteiger partial charge in [-0.05, 0) is 43.3 Å². The molecule has 5 rings (SSSR count). The van der Waals surface area contributed by atoms with Crippen LogP contribution in [0.25, 0.3) is 10.9 Å². The van der Waals surface area contributed by atoms with Gasteiger partial charge in [-0.2, -0.15) is 0 Å². The van der Waals surface area contributed by atoms with Gasteiger partial charge in [0.15, 0.2) is 5.69 Å². The Morgan fingerprint density at radius 3 is 2.66 bits per heavy atom. The smallest absolute Gasteiger partial charge is 0.275 e. The van der Waals surface area contributed by atoms with Crippen LogP contribution in [0.4, 0.5) is 0 Å². The summed E-state index contributed by atoms with van der Waals surface area (Å²) in [5.74, 6) is 2.01. The van der Waals surface area contributed by atoms with Crippen LogP contribution in [0.15, 0.2) is 59.3 Å². The van der Waals surface area contributed by atoms with E-state index in [0.29, 0.717) is 37.8 Å². The molecule has 4 aromatic rings. The molecule has 9 nitrogen and oxygen atoms in total. The van der Waals surface area contributed by atoms with Crippen LogP contribution < -0.4 is 9.47 Å². The van der Waals surface area contributed by atoms with Crippen LogP contribution in [0, 0.1) is 0 Å². The second-order valence-corrected chi connectivity index (χ2v) is 9.72. The number of likely N-dealkylation sites (N-methyl/N-ethyl adjacent to an activating group) is 1. The minimum absolute atomic E-state index is 0.0760. The molecule has 2 aromatic carbocycles. The van der Waals surface area contributed by atoms with Crippen molar-refractivity contribution in [3.05, 3.63) is 77.6 Å². The maximum atomic E-state index is 13.0. The molecule has 0 spiro atoms. The van der Waals surface area contributed by atoms with Crippen LogP contribution in [0.3, 0.4) is 0 Å². The van der Waals surface area contributed by atoms with Crippen molar-refractivity contribution in [2.75, 3.05) is 54.0 Å². The lowest BCUT2D eigenvalue weighted by Gasteiger charge is -2.31. The van der Waals surface area contributed by atoms with Crippen molar-refractivity contribution >= 4 is 16.8 Å². The highest BCUT2D eigenvalue weighted by molar-refractivity contribution is 5.92. The van der Waals surface area contributed by atoms with Crippen LogP contribution in [-0.2, 0) is 19.5 Å². The zero-order valence-corrected chi connectivity index (χ0v) is 22.3. The van der Waals surface area contributed by atoms with E-state index in [4.69, 9.17) is 13.9 Å². The molecule has 1 amide bonds. The number of aromatic amines is 1. The fraction of sp³-hybridized carbons (Fsp3) is 0.379. The maximum absolute atomic E-state index is 13.0. The first-order valence-electron chi connectivity index (χ1n) is 12.9. The van der Waals surface area contributed by atoms with Crippen molar-refractivity contribution in [1.82, 2.24) is 24.7 Å². The van der Waals surface area contributed by atoms with Gasteiger partial charge in [0, 0.05) is 61.9 Å². The number of benzene rings is 2. The van der Waals surface area contributed by atoms with Crippen LogP contribution in [0.1, 0.15) is 27.5 Å². The number of carbonyl (C=O) groups excluding carboxylic acids is 1. The summed E-state index contributed by atoms with van der Waals surface area (Å²) >= 11 is 0. The Morgan fingerprint density at radius 1 is 1.05 bits per heavy atom. The molecule has 0 atom stereocenters. The van der Waals surface area contributed by atoms with E-state index in [-0.39, 0.29) is 5.91 Å². The number of H-pyrrole nitrogens is 1. The number of carbonyl (C=O) groups is 1. The first-order chi connectivity index (χ1) is 18.5. The van der Waals surface area contributed by atoms with Gasteiger partial charge in [0.2, 0.25) is 5.89 Å². The fourth-order valence-electron chi connectivity index (χ4n) is 4.92. The molecule has 0 bridgehead atoms. The molecular weight excluding hydrogens is 482 g/mol. The summed E-state index contributed by atoms with van der Waals surface area (Å²) in [6.07, 6.45) is 4.40. The van der Waals surface area contributed by atoms with E-state index in [1.807, 2.05) is 29.2 Å². The Bertz CT molecular complexity index is 1370. The van der Waals surface area contributed by atoms with Gasteiger partial charge in [-0.25, -0.2) is 4.98 Å². The number of nitrogens with one attached hydrogen (secondary N) is 1. The highest BCUT2D eigenvalue weighted by Gasteiger charge is 2.24. The van der Waals surface area contributed by atoms with E-state index in [9.17, 15) is 4.79 Å². The van der Waals surface area contributed by atoms with E-state index in [2.05, 4.69) is 51.2 Å². The average Bonchev–Trinajstić information content (AvgIpc) is 3.59. The number of piperazine rings is 1. The molecule has 3 heterocycles. The summed E-state index contributed by atoms with van der Waals surface area (Å²) < 4.78 is 16.9. The molecule has 0 unspecified atom stereocenters. The number of oxazole rings is 1. The van der Waals surface area contributed by atoms with Crippen molar-refractivity contribution in [3.8, 4) is 11.5 Å². The molecule has 200 valence electrons. The molecular formula is C29H35N5O4. The molecule has 0 radical (unpaired) electrons. The second-order valence-electron chi connectivity index (χ2n) is 9.72. The lowest BCUT2D eigenvalue weighted by atomic mass is 10.1. The number of ether oxygens (including phenoxy) is 2. The zero-order chi connectivity index (χ0) is 26.5. The highest BCUT2D eigenvalue weighted by Crippen LogP contribution is 2.26. The third kappa shape index (κ3) is 5.84. The van der Waals surface area contributed by atoms with Crippen molar-refractivity contribution < 1.29 is 18.7 Å². The first-order valence-corrected chi connectivity index (χ1v) is 12.9. The molecule has 9 heteroatoms. The van der Waals surface area contributed by atoms with E-state index in [1.54, 1.807) is 14.2 Å². The van der Waals surface area contributed by atoms with Gasteiger partial charge in [-0.1, -0.05) is 18.2 Å². The zero-order valence-electron chi connectivity index (χ0n) is 22.3. The van der Waals surface area contributed by atoms with Crippen LogP contribution in [0.5, 0.6) is 11.5 Å². The maximum Gasteiger partial charge on any atom is 0.275 e. The molecule has 1 aliphatic rings. The van der Waals surface area contributed by atoms with Crippen molar-refractivity contribution in [2.24, 2.45) is 0 Å². The summed E-state index contributed by atoms with van der Waals surface area (Å²) in [6.45, 7) is 4.94. The van der Waals surface area contributed by atoms with E-state index in [0.717, 1.165) is 48.6 Å². The van der Waals surface area contributed by atoms with E-state index >= 15 is 0 Å². The number of fused-ring (bicyclic) bond motifs is 1. The number of rotatable bonds is 10. The van der Waals surface area contributed by atoms with Crippen molar-refractivity contribution in [3.63, 3.8) is 0 Å². The van der Waals surface area contributed by atoms with Gasteiger partial charge in [0.25, 0.3) is 5.91 Å². The third-order valence-electron chi connectivity index (χ3n) is 7.17. The Kier molecular flexibility index (Phi) is 7.95. The third-order valence-corrected chi connectivity index (χ3v) is 7.17. The lowest BCUT2D eigenvalue weighted by Crippen LogP contribution is -2.47. The average molecular weight is 518 g/mol. The van der Waals surface area contributed by atoms with Crippen LogP contribution in [-0.4, -0.2) is 84.6 Å². The molecule has 38 heavy (non-hydrogen) atoms. The minimum atomic E-state index is -0.0760. The summed E-state index contributed by atoms with van der Waals surface area (Å²) in [5, 5.41) is 1.22. The van der Waals surface area contributed by atoms with Gasteiger partial charge < -0.3 is 28.7 Å². The van der Waals surface area contributed by atoms with Crippen LogP contribution in [0.2, 0.25) is 0 Å². The number of para-hydroxylation sites is 1. The predicted octanol–water partition coefficient (Wildman–Crippen LogP) is 3.81. The summed E-state index contributed by atoms with van der Waals surface area (Å²) in [7, 11) is 5.40.